The smallest absolute Gasteiger partial charge is 0.352 e. The van der Waals surface area contributed by atoms with Gasteiger partial charge < -0.3 is 19.9 Å². The minimum atomic E-state index is -1.33. The number of hydrogen-bond acceptors (Lipinski definition) is 4. The monoisotopic (exact) mass is 345 g/mol. The van der Waals surface area contributed by atoms with Gasteiger partial charge in [-0.1, -0.05) is 0 Å². The Morgan fingerprint density at radius 3 is 2.32 bits per heavy atom. The molecular weight excluding hydrogens is 329 g/mol. The van der Waals surface area contributed by atoms with Gasteiger partial charge in [0.1, 0.15) is 23.0 Å². The van der Waals surface area contributed by atoms with Crippen LogP contribution >= 0.6 is 0 Å². The van der Waals surface area contributed by atoms with Crippen molar-refractivity contribution in [2.75, 3.05) is 14.2 Å². The summed E-state index contributed by atoms with van der Waals surface area (Å²) in [5.41, 5.74) is 0.186. The molecule has 0 saturated carbocycles. The number of carboxylic acid groups (broad SMARTS) is 1. The lowest BCUT2D eigenvalue weighted by molar-refractivity contribution is -0.132. The van der Waals surface area contributed by atoms with Gasteiger partial charge in [-0.25, -0.2) is 9.18 Å². The summed E-state index contributed by atoms with van der Waals surface area (Å²) >= 11 is 0. The number of ether oxygens (including phenoxy) is 2. The van der Waals surface area contributed by atoms with Crippen LogP contribution in [0.4, 0.5) is 4.39 Å². The van der Waals surface area contributed by atoms with Gasteiger partial charge in [0, 0.05) is 11.1 Å². The third-order valence-electron chi connectivity index (χ3n) is 3.32. The first-order chi connectivity index (χ1) is 11.9. The number of halogens is 1. The molecule has 0 aliphatic rings. The number of methoxy groups -OCH3 is 2. The molecule has 0 fully saturated rings. The van der Waals surface area contributed by atoms with E-state index in [2.05, 4.69) is 5.32 Å². The molecule has 6 nitrogen and oxygen atoms in total. The number of hydrogen-bond donors (Lipinski definition) is 2. The van der Waals surface area contributed by atoms with Crippen LogP contribution in [0.5, 0.6) is 11.5 Å². The van der Waals surface area contributed by atoms with Crippen LogP contribution in [-0.4, -0.2) is 31.2 Å². The molecule has 0 radical (unpaired) electrons. The molecule has 7 heteroatoms. The topological polar surface area (TPSA) is 84.9 Å². The summed E-state index contributed by atoms with van der Waals surface area (Å²) in [4.78, 5) is 23.6. The summed E-state index contributed by atoms with van der Waals surface area (Å²) in [7, 11) is 2.92. The maximum absolute atomic E-state index is 12.9. The fourth-order valence-electron chi connectivity index (χ4n) is 2.05. The standard InChI is InChI=1S/C18H16FNO5/c1-24-14-7-8-16(25-2)12(9-14)10-15(18(22)23)20-17(21)11-3-5-13(19)6-4-11/h3-10H,1-2H3,(H,20,21)(H,22,23)/b15-10-. The molecule has 130 valence electrons. The van der Waals surface area contributed by atoms with E-state index in [0.29, 0.717) is 17.1 Å². The van der Waals surface area contributed by atoms with E-state index in [9.17, 15) is 19.1 Å². The normalized spacial score (nSPS) is 10.9. The molecule has 0 aliphatic carbocycles. The fourth-order valence-corrected chi connectivity index (χ4v) is 2.05. The summed E-state index contributed by atoms with van der Waals surface area (Å²) < 4.78 is 23.2. The number of carboxylic acids is 1. The zero-order chi connectivity index (χ0) is 18.4. The van der Waals surface area contributed by atoms with Crippen LogP contribution in [0, 0.1) is 5.82 Å². The third kappa shape index (κ3) is 4.57. The van der Waals surface area contributed by atoms with E-state index in [1.54, 1.807) is 18.2 Å². The lowest BCUT2D eigenvalue weighted by Gasteiger charge is -2.10. The number of amides is 1. The SMILES string of the molecule is COc1ccc(OC)c(/C=C(\NC(=O)c2ccc(F)cc2)C(=O)O)c1. The molecule has 0 bridgehead atoms. The number of benzene rings is 2. The van der Waals surface area contributed by atoms with Crippen molar-refractivity contribution in [2.45, 2.75) is 0 Å². The number of rotatable bonds is 6. The maximum atomic E-state index is 12.9. The number of nitrogens with one attached hydrogen (secondary N) is 1. The van der Waals surface area contributed by atoms with E-state index in [1.165, 1.54) is 32.4 Å². The summed E-state index contributed by atoms with van der Waals surface area (Å²) in [6.45, 7) is 0. The van der Waals surface area contributed by atoms with Gasteiger partial charge in [-0.05, 0) is 48.5 Å². The summed E-state index contributed by atoms with van der Waals surface area (Å²) in [6, 6.07) is 9.60. The minimum absolute atomic E-state index is 0.131. The molecule has 1 amide bonds. The average molecular weight is 345 g/mol. The Kier molecular flexibility index (Phi) is 5.73. The minimum Gasteiger partial charge on any atom is -0.497 e. The Morgan fingerprint density at radius 1 is 1.08 bits per heavy atom. The summed E-state index contributed by atoms with van der Waals surface area (Å²) in [6.07, 6.45) is 1.26. The van der Waals surface area contributed by atoms with Gasteiger partial charge in [0.05, 0.1) is 14.2 Å². The maximum Gasteiger partial charge on any atom is 0.352 e. The quantitative estimate of drug-likeness (QED) is 0.787. The van der Waals surface area contributed by atoms with E-state index in [4.69, 9.17) is 9.47 Å². The fraction of sp³-hybridized carbons (Fsp3) is 0.111. The van der Waals surface area contributed by atoms with Crippen LogP contribution in [0.1, 0.15) is 15.9 Å². The Hall–Kier alpha value is -3.35. The van der Waals surface area contributed by atoms with Gasteiger partial charge in [-0.2, -0.15) is 0 Å². The largest absolute Gasteiger partial charge is 0.497 e. The van der Waals surface area contributed by atoms with Crippen molar-refractivity contribution in [3.05, 3.63) is 65.1 Å². The summed E-state index contributed by atoms with van der Waals surface area (Å²) in [5, 5.41) is 11.6. The van der Waals surface area contributed by atoms with Crippen LogP contribution in [0.2, 0.25) is 0 Å². The Morgan fingerprint density at radius 2 is 1.76 bits per heavy atom. The first kappa shape index (κ1) is 18.0. The molecule has 0 aromatic heterocycles. The Bertz CT molecular complexity index is 815. The van der Waals surface area contributed by atoms with E-state index in [-0.39, 0.29) is 11.3 Å². The second-order valence-electron chi connectivity index (χ2n) is 4.93. The van der Waals surface area contributed by atoms with Crippen molar-refractivity contribution in [2.24, 2.45) is 0 Å². The molecule has 0 atom stereocenters. The second-order valence-corrected chi connectivity index (χ2v) is 4.93. The zero-order valence-corrected chi connectivity index (χ0v) is 13.6. The van der Waals surface area contributed by atoms with Gasteiger partial charge in [-0.3, -0.25) is 4.79 Å². The highest BCUT2D eigenvalue weighted by atomic mass is 19.1. The molecule has 0 heterocycles. The highest BCUT2D eigenvalue weighted by Gasteiger charge is 2.15. The molecule has 2 rings (SSSR count). The average Bonchev–Trinajstić information content (AvgIpc) is 2.61. The molecule has 25 heavy (non-hydrogen) atoms. The van der Waals surface area contributed by atoms with Crippen LogP contribution in [0.3, 0.4) is 0 Å². The van der Waals surface area contributed by atoms with E-state index in [0.717, 1.165) is 12.1 Å². The molecule has 2 N–H and O–H groups in total. The van der Waals surface area contributed by atoms with Gasteiger partial charge >= 0.3 is 5.97 Å². The number of aliphatic carboxylic acids is 1. The highest BCUT2D eigenvalue weighted by molar-refractivity contribution is 6.02. The molecule has 0 saturated heterocycles. The third-order valence-corrected chi connectivity index (χ3v) is 3.32. The van der Waals surface area contributed by atoms with Gasteiger partial charge in [0.2, 0.25) is 0 Å². The van der Waals surface area contributed by atoms with Crippen LogP contribution < -0.4 is 14.8 Å². The van der Waals surface area contributed by atoms with E-state index in [1.807, 2.05) is 0 Å². The molecule has 2 aromatic carbocycles. The summed E-state index contributed by atoms with van der Waals surface area (Å²) in [5.74, 6) is -1.58. The van der Waals surface area contributed by atoms with Crippen molar-refractivity contribution in [1.29, 1.82) is 0 Å². The number of carbonyl (C=O) groups excluding carboxylic acids is 1. The lowest BCUT2D eigenvalue weighted by atomic mass is 10.1. The van der Waals surface area contributed by atoms with Crippen molar-refractivity contribution in [3.63, 3.8) is 0 Å². The predicted molar refractivity (Wildman–Crippen MR) is 89.0 cm³/mol. The van der Waals surface area contributed by atoms with Gasteiger partial charge in [-0.15, -0.1) is 0 Å². The molecule has 0 aliphatic heterocycles. The number of carbonyl (C=O) groups is 2. The van der Waals surface area contributed by atoms with Crippen molar-refractivity contribution in [3.8, 4) is 11.5 Å². The molecular formula is C18H16FNO5. The van der Waals surface area contributed by atoms with E-state index >= 15 is 0 Å². The lowest BCUT2D eigenvalue weighted by Crippen LogP contribution is -2.27. The first-order valence-corrected chi connectivity index (χ1v) is 7.18. The Balaban J connectivity index is 2.34. The van der Waals surface area contributed by atoms with Crippen LogP contribution in [0.25, 0.3) is 6.08 Å². The predicted octanol–water partition coefficient (Wildman–Crippen LogP) is 2.70. The van der Waals surface area contributed by atoms with Crippen molar-refractivity contribution >= 4 is 18.0 Å². The van der Waals surface area contributed by atoms with Crippen molar-refractivity contribution < 1.29 is 28.6 Å². The first-order valence-electron chi connectivity index (χ1n) is 7.18. The highest BCUT2D eigenvalue weighted by Crippen LogP contribution is 2.26. The zero-order valence-electron chi connectivity index (χ0n) is 13.6. The van der Waals surface area contributed by atoms with E-state index < -0.39 is 17.7 Å². The molecule has 0 unspecified atom stereocenters. The second kappa shape index (κ2) is 7.96. The van der Waals surface area contributed by atoms with Crippen LogP contribution in [-0.2, 0) is 4.79 Å². The Labute approximate surface area is 143 Å². The van der Waals surface area contributed by atoms with Crippen molar-refractivity contribution in [1.82, 2.24) is 5.32 Å². The molecule has 0 spiro atoms. The van der Waals surface area contributed by atoms with Gasteiger partial charge in [0.15, 0.2) is 0 Å². The van der Waals surface area contributed by atoms with Gasteiger partial charge in [0.25, 0.3) is 5.91 Å². The van der Waals surface area contributed by atoms with Crippen LogP contribution in [0.15, 0.2) is 48.2 Å². The molecule has 2 aromatic rings.